The van der Waals surface area contributed by atoms with Crippen LogP contribution >= 0.6 is 0 Å². The fraction of sp³-hybridized carbons (Fsp3) is 0.182. The molecule has 1 aromatic heterocycles. The Bertz CT molecular complexity index is 493. The first-order valence-corrected chi connectivity index (χ1v) is 4.93. The molecule has 1 amide bonds. The van der Waals surface area contributed by atoms with Gasteiger partial charge in [0.05, 0.1) is 6.61 Å². The maximum Gasteiger partial charge on any atom is 0.259 e. The van der Waals surface area contributed by atoms with E-state index in [0.717, 1.165) is 16.5 Å². The monoisotopic (exact) mass is 219 g/mol. The third-order valence-corrected chi connectivity index (χ3v) is 2.33. The highest BCUT2D eigenvalue weighted by Crippen LogP contribution is 2.18. The number of hydrogen-bond acceptors (Lipinski definition) is 3. The number of nitrogens with one attached hydrogen (secondary N) is 2. The zero-order valence-corrected chi connectivity index (χ0v) is 8.69. The summed E-state index contributed by atoms with van der Waals surface area (Å²) in [6.45, 7) is 0.355. The molecule has 0 radical (unpaired) electrons. The molecule has 0 bridgehead atoms. The van der Waals surface area contributed by atoms with Crippen molar-refractivity contribution in [3.8, 4) is 0 Å². The number of amides is 1. The van der Waals surface area contributed by atoms with Crippen molar-refractivity contribution >= 4 is 16.8 Å². The van der Waals surface area contributed by atoms with E-state index in [-0.39, 0.29) is 12.5 Å². The summed E-state index contributed by atoms with van der Waals surface area (Å²) >= 11 is 0. The van der Waals surface area contributed by atoms with Crippen molar-refractivity contribution in [3.05, 3.63) is 36.0 Å². The maximum atomic E-state index is 10.8. The standard InChI is InChI=1S/C11H13N3O2/c12-14-11(15)7-16-6-8-5-13-10-4-2-1-3-9(8)10/h1-5,13H,6-7,12H2,(H,14,15). The molecule has 0 fully saturated rings. The highest BCUT2D eigenvalue weighted by atomic mass is 16.5. The lowest BCUT2D eigenvalue weighted by Crippen LogP contribution is -2.33. The van der Waals surface area contributed by atoms with Crippen LogP contribution in [-0.2, 0) is 16.1 Å². The molecule has 0 aliphatic carbocycles. The Balaban J connectivity index is 2.02. The molecule has 2 aromatic rings. The number of carbonyl (C=O) groups excluding carboxylic acids is 1. The van der Waals surface area contributed by atoms with Crippen molar-refractivity contribution in [3.63, 3.8) is 0 Å². The number of carbonyl (C=O) groups is 1. The Labute approximate surface area is 92.6 Å². The van der Waals surface area contributed by atoms with E-state index in [1.165, 1.54) is 0 Å². The number of hydrogen-bond donors (Lipinski definition) is 3. The first-order valence-electron chi connectivity index (χ1n) is 4.93. The number of H-pyrrole nitrogens is 1. The van der Waals surface area contributed by atoms with E-state index in [0.29, 0.717) is 6.61 Å². The number of hydrazine groups is 1. The number of benzene rings is 1. The molecule has 0 atom stereocenters. The minimum atomic E-state index is -0.333. The Morgan fingerprint density at radius 2 is 2.25 bits per heavy atom. The molecule has 0 unspecified atom stereocenters. The van der Waals surface area contributed by atoms with E-state index in [1.54, 1.807) is 0 Å². The molecule has 1 aromatic carbocycles. The zero-order valence-electron chi connectivity index (χ0n) is 8.69. The zero-order chi connectivity index (χ0) is 11.4. The van der Waals surface area contributed by atoms with Crippen molar-refractivity contribution in [1.29, 1.82) is 0 Å². The summed E-state index contributed by atoms with van der Waals surface area (Å²) in [5, 5.41) is 1.11. The van der Waals surface area contributed by atoms with Crippen LogP contribution < -0.4 is 11.3 Å². The van der Waals surface area contributed by atoms with Crippen molar-refractivity contribution in [2.45, 2.75) is 6.61 Å². The van der Waals surface area contributed by atoms with E-state index in [2.05, 4.69) is 4.98 Å². The Kier molecular flexibility index (Phi) is 3.19. The van der Waals surface area contributed by atoms with Crippen molar-refractivity contribution in [2.75, 3.05) is 6.61 Å². The van der Waals surface area contributed by atoms with Gasteiger partial charge < -0.3 is 9.72 Å². The fourth-order valence-corrected chi connectivity index (χ4v) is 1.55. The normalized spacial score (nSPS) is 10.6. The van der Waals surface area contributed by atoms with Gasteiger partial charge >= 0.3 is 0 Å². The predicted octanol–water partition coefficient (Wildman–Crippen LogP) is 0.674. The molecule has 5 nitrogen and oxygen atoms in total. The first-order chi connectivity index (χ1) is 7.81. The number of rotatable bonds is 4. The third kappa shape index (κ3) is 2.21. The fourth-order valence-electron chi connectivity index (χ4n) is 1.55. The predicted molar refractivity (Wildman–Crippen MR) is 60.3 cm³/mol. The van der Waals surface area contributed by atoms with Crippen LogP contribution in [0.2, 0.25) is 0 Å². The highest BCUT2D eigenvalue weighted by molar-refractivity contribution is 5.83. The molecule has 5 heteroatoms. The molecule has 0 saturated carbocycles. The minimum Gasteiger partial charge on any atom is -0.367 e. The Morgan fingerprint density at radius 1 is 1.44 bits per heavy atom. The van der Waals surface area contributed by atoms with Gasteiger partial charge in [0.15, 0.2) is 0 Å². The Hall–Kier alpha value is -1.85. The number of nitrogens with two attached hydrogens (primary N) is 1. The average Bonchev–Trinajstić information content (AvgIpc) is 2.73. The molecule has 0 aliphatic rings. The topological polar surface area (TPSA) is 80.1 Å². The highest BCUT2D eigenvalue weighted by Gasteiger charge is 2.04. The number of aromatic amines is 1. The van der Waals surface area contributed by atoms with Gasteiger partial charge in [0, 0.05) is 22.7 Å². The summed E-state index contributed by atoms with van der Waals surface area (Å²) in [6, 6.07) is 7.93. The van der Waals surface area contributed by atoms with Crippen LogP contribution in [0.4, 0.5) is 0 Å². The average molecular weight is 219 g/mol. The van der Waals surface area contributed by atoms with Crippen LogP contribution in [0.1, 0.15) is 5.56 Å². The van der Waals surface area contributed by atoms with Gasteiger partial charge in [0.1, 0.15) is 6.61 Å². The van der Waals surface area contributed by atoms with Crippen LogP contribution in [0.3, 0.4) is 0 Å². The summed E-state index contributed by atoms with van der Waals surface area (Å²) in [5.74, 6) is 4.60. The van der Waals surface area contributed by atoms with Crippen LogP contribution in [0.5, 0.6) is 0 Å². The summed E-state index contributed by atoms with van der Waals surface area (Å²) in [5.41, 5.74) is 4.10. The summed E-state index contributed by atoms with van der Waals surface area (Å²) in [4.78, 5) is 14.0. The minimum absolute atomic E-state index is 0.0317. The third-order valence-electron chi connectivity index (χ3n) is 2.33. The first kappa shape index (κ1) is 10.7. The van der Waals surface area contributed by atoms with Gasteiger partial charge in [-0.1, -0.05) is 18.2 Å². The molecule has 1 heterocycles. The molecule has 4 N–H and O–H groups in total. The largest absolute Gasteiger partial charge is 0.367 e. The molecule has 16 heavy (non-hydrogen) atoms. The van der Waals surface area contributed by atoms with Gasteiger partial charge in [-0.25, -0.2) is 5.84 Å². The quantitative estimate of drug-likeness (QED) is 0.402. The number of ether oxygens (including phenoxy) is 1. The second kappa shape index (κ2) is 4.78. The SMILES string of the molecule is NNC(=O)COCc1c[nH]c2ccccc12. The van der Waals surface area contributed by atoms with Gasteiger partial charge in [-0.2, -0.15) is 0 Å². The molecule has 2 rings (SSSR count). The summed E-state index contributed by atoms with van der Waals surface area (Å²) in [6.07, 6.45) is 1.88. The van der Waals surface area contributed by atoms with Crippen molar-refractivity contribution < 1.29 is 9.53 Å². The molecule has 0 saturated heterocycles. The second-order valence-electron chi connectivity index (χ2n) is 3.42. The van der Waals surface area contributed by atoms with Crippen LogP contribution in [0, 0.1) is 0 Å². The van der Waals surface area contributed by atoms with Crippen molar-refractivity contribution in [1.82, 2.24) is 10.4 Å². The van der Waals surface area contributed by atoms with E-state index >= 15 is 0 Å². The van der Waals surface area contributed by atoms with Crippen molar-refractivity contribution in [2.24, 2.45) is 5.84 Å². The number of fused-ring (bicyclic) bond motifs is 1. The lowest BCUT2D eigenvalue weighted by molar-refractivity contribution is -0.126. The molecular weight excluding hydrogens is 206 g/mol. The summed E-state index contributed by atoms with van der Waals surface area (Å²) in [7, 11) is 0. The van der Waals surface area contributed by atoms with Gasteiger partial charge in [-0.05, 0) is 6.07 Å². The Morgan fingerprint density at radius 3 is 3.06 bits per heavy atom. The lowest BCUT2D eigenvalue weighted by atomic mass is 10.2. The number of aromatic nitrogens is 1. The van der Waals surface area contributed by atoms with Crippen LogP contribution in [0.25, 0.3) is 10.9 Å². The molecular formula is C11H13N3O2. The lowest BCUT2D eigenvalue weighted by Gasteiger charge is -2.01. The van der Waals surface area contributed by atoms with Gasteiger partial charge in [0.2, 0.25) is 0 Å². The van der Waals surface area contributed by atoms with E-state index in [9.17, 15) is 4.79 Å². The van der Waals surface area contributed by atoms with Gasteiger partial charge in [-0.3, -0.25) is 10.2 Å². The van der Waals surface area contributed by atoms with Gasteiger partial charge in [0.25, 0.3) is 5.91 Å². The van der Waals surface area contributed by atoms with Crippen LogP contribution in [0.15, 0.2) is 30.5 Å². The van der Waals surface area contributed by atoms with Crippen LogP contribution in [-0.4, -0.2) is 17.5 Å². The number of para-hydroxylation sites is 1. The smallest absolute Gasteiger partial charge is 0.259 e. The van der Waals surface area contributed by atoms with E-state index < -0.39 is 0 Å². The summed E-state index contributed by atoms with van der Waals surface area (Å²) < 4.78 is 5.23. The second-order valence-corrected chi connectivity index (χ2v) is 3.42. The molecule has 0 spiro atoms. The van der Waals surface area contributed by atoms with Gasteiger partial charge in [-0.15, -0.1) is 0 Å². The van der Waals surface area contributed by atoms with E-state index in [4.69, 9.17) is 10.6 Å². The molecule has 84 valence electrons. The maximum absolute atomic E-state index is 10.8. The molecule has 0 aliphatic heterocycles. The van der Waals surface area contributed by atoms with E-state index in [1.807, 2.05) is 35.9 Å².